The summed E-state index contributed by atoms with van der Waals surface area (Å²) < 4.78 is 0. The topological polar surface area (TPSA) is 20.2 Å². The SMILES string of the molecule is CC1C=CC(C)C[Si](C)(CCCO)C1. The Hall–Kier alpha value is -0.0831. The average Bonchev–Trinajstić information content (AvgIpc) is 2.23. The van der Waals surface area contributed by atoms with Crippen molar-refractivity contribution in [3.05, 3.63) is 12.2 Å². The summed E-state index contributed by atoms with van der Waals surface area (Å²) in [6.07, 6.45) is 5.80. The highest BCUT2D eigenvalue weighted by atomic mass is 28.3. The lowest BCUT2D eigenvalue weighted by molar-refractivity contribution is 0.294. The van der Waals surface area contributed by atoms with Gasteiger partial charge in [-0.05, 0) is 18.3 Å². The van der Waals surface area contributed by atoms with Crippen molar-refractivity contribution in [3.8, 4) is 0 Å². The monoisotopic (exact) mass is 212 g/mol. The molecule has 0 amide bonds. The van der Waals surface area contributed by atoms with Crippen molar-refractivity contribution in [2.75, 3.05) is 6.61 Å². The number of hydrogen-bond acceptors (Lipinski definition) is 1. The van der Waals surface area contributed by atoms with E-state index in [9.17, 15) is 0 Å². The van der Waals surface area contributed by atoms with E-state index in [0.29, 0.717) is 6.61 Å². The van der Waals surface area contributed by atoms with Crippen LogP contribution in [-0.4, -0.2) is 19.8 Å². The van der Waals surface area contributed by atoms with Gasteiger partial charge in [0.1, 0.15) is 0 Å². The number of aliphatic hydroxyl groups is 1. The molecule has 1 rings (SSSR count). The molecule has 0 aromatic carbocycles. The lowest BCUT2D eigenvalue weighted by Gasteiger charge is -2.29. The Morgan fingerprint density at radius 1 is 1.21 bits per heavy atom. The molecule has 0 aromatic rings. The summed E-state index contributed by atoms with van der Waals surface area (Å²) in [6.45, 7) is 7.55. The number of rotatable bonds is 3. The van der Waals surface area contributed by atoms with Crippen LogP contribution in [0.25, 0.3) is 0 Å². The molecule has 2 atom stereocenters. The van der Waals surface area contributed by atoms with E-state index < -0.39 is 8.07 Å². The van der Waals surface area contributed by atoms with Gasteiger partial charge in [0.15, 0.2) is 0 Å². The van der Waals surface area contributed by atoms with E-state index >= 15 is 0 Å². The lowest BCUT2D eigenvalue weighted by atomic mass is 10.1. The number of allylic oxidation sites excluding steroid dienone is 2. The van der Waals surface area contributed by atoms with Gasteiger partial charge in [-0.25, -0.2) is 0 Å². The summed E-state index contributed by atoms with van der Waals surface area (Å²) in [7, 11) is -1.06. The van der Waals surface area contributed by atoms with Crippen molar-refractivity contribution in [1.82, 2.24) is 0 Å². The molecule has 0 radical (unpaired) electrons. The van der Waals surface area contributed by atoms with E-state index in [-0.39, 0.29) is 0 Å². The first kappa shape index (κ1) is 12.0. The van der Waals surface area contributed by atoms with Crippen LogP contribution in [-0.2, 0) is 0 Å². The summed E-state index contributed by atoms with van der Waals surface area (Å²) in [6, 6.07) is 4.13. The van der Waals surface area contributed by atoms with E-state index in [1.165, 1.54) is 18.1 Å². The van der Waals surface area contributed by atoms with Crippen LogP contribution in [0.2, 0.25) is 24.7 Å². The maximum atomic E-state index is 8.92. The Bertz CT molecular complexity index is 186. The summed E-state index contributed by atoms with van der Waals surface area (Å²) in [5.74, 6) is 1.52. The van der Waals surface area contributed by atoms with Gasteiger partial charge in [0.25, 0.3) is 0 Å². The summed E-state index contributed by atoms with van der Waals surface area (Å²) in [4.78, 5) is 0. The Balaban J connectivity index is 2.58. The van der Waals surface area contributed by atoms with Gasteiger partial charge in [-0.1, -0.05) is 50.7 Å². The summed E-state index contributed by atoms with van der Waals surface area (Å²) in [5, 5.41) is 8.92. The van der Waals surface area contributed by atoms with Crippen LogP contribution in [0, 0.1) is 11.8 Å². The van der Waals surface area contributed by atoms with E-state index in [0.717, 1.165) is 18.3 Å². The average molecular weight is 212 g/mol. The minimum atomic E-state index is -1.06. The Morgan fingerprint density at radius 3 is 2.14 bits per heavy atom. The third-order valence-corrected chi connectivity index (χ3v) is 8.16. The zero-order valence-electron chi connectivity index (χ0n) is 9.79. The first-order valence-electron chi connectivity index (χ1n) is 5.85. The molecular formula is C12H24OSi. The first-order valence-corrected chi connectivity index (χ1v) is 8.97. The van der Waals surface area contributed by atoms with Gasteiger partial charge in [0.05, 0.1) is 8.07 Å². The van der Waals surface area contributed by atoms with Crippen LogP contribution in [0.1, 0.15) is 20.3 Å². The molecule has 82 valence electrons. The zero-order valence-corrected chi connectivity index (χ0v) is 10.8. The van der Waals surface area contributed by atoms with E-state index in [1.807, 2.05) is 0 Å². The van der Waals surface area contributed by atoms with Gasteiger partial charge in [-0.2, -0.15) is 0 Å². The Morgan fingerprint density at radius 2 is 1.71 bits per heavy atom. The van der Waals surface area contributed by atoms with Crippen molar-refractivity contribution in [2.24, 2.45) is 11.8 Å². The number of aliphatic hydroxyl groups excluding tert-OH is 1. The van der Waals surface area contributed by atoms with Gasteiger partial charge < -0.3 is 5.11 Å². The van der Waals surface area contributed by atoms with Crippen LogP contribution in [0.5, 0.6) is 0 Å². The molecule has 2 heteroatoms. The van der Waals surface area contributed by atoms with Gasteiger partial charge >= 0.3 is 0 Å². The van der Waals surface area contributed by atoms with Gasteiger partial charge in [-0.3, -0.25) is 0 Å². The fourth-order valence-electron chi connectivity index (χ4n) is 2.86. The molecule has 2 unspecified atom stereocenters. The molecule has 1 aliphatic heterocycles. The molecular weight excluding hydrogens is 188 g/mol. The van der Waals surface area contributed by atoms with Gasteiger partial charge in [0.2, 0.25) is 0 Å². The molecule has 0 saturated carbocycles. The van der Waals surface area contributed by atoms with Crippen LogP contribution in [0.4, 0.5) is 0 Å². The van der Waals surface area contributed by atoms with Crippen molar-refractivity contribution in [3.63, 3.8) is 0 Å². The molecule has 0 bridgehead atoms. The molecule has 1 aliphatic rings. The second-order valence-electron chi connectivity index (χ2n) is 5.39. The Kier molecular flexibility index (Phi) is 4.39. The molecule has 0 saturated heterocycles. The highest BCUT2D eigenvalue weighted by molar-refractivity contribution is 6.78. The number of hydrogen-bond donors (Lipinski definition) is 1. The highest BCUT2D eigenvalue weighted by Gasteiger charge is 2.30. The second kappa shape index (κ2) is 5.13. The lowest BCUT2D eigenvalue weighted by Crippen LogP contribution is -2.32. The minimum absolute atomic E-state index is 0.374. The van der Waals surface area contributed by atoms with Crippen molar-refractivity contribution in [1.29, 1.82) is 0 Å². The second-order valence-corrected chi connectivity index (χ2v) is 10.3. The van der Waals surface area contributed by atoms with Gasteiger partial charge in [-0.15, -0.1) is 0 Å². The first-order chi connectivity index (χ1) is 6.56. The van der Waals surface area contributed by atoms with Crippen LogP contribution in [0.3, 0.4) is 0 Å². The van der Waals surface area contributed by atoms with Crippen molar-refractivity contribution >= 4 is 8.07 Å². The standard InChI is InChI=1S/C12H24OSi/c1-11-5-6-12(2)10-14(3,9-11)8-4-7-13/h5-6,11-13H,4,7-10H2,1-3H3. The predicted octanol–water partition coefficient (Wildman–Crippen LogP) is 3.29. The normalized spacial score (nSPS) is 38.3. The molecule has 1 nitrogen and oxygen atoms in total. The van der Waals surface area contributed by atoms with E-state index in [4.69, 9.17) is 5.11 Å². The smallest absolute Gasteiger partial charge is 0.0517 e. The van der Waals surface area contributed by atoms with Crippen molar-refractivity contribution < 1.29 is 5.11 Å². The van der Waals surface area contributed by atoms with Crippen LogP contribution < -0.4 is 0 Å². The van der Waals surface area contributed by atoms with Gasteiger partial charge in [0, 0.05) is 6.61 Å². The van der Waals surface area contributed by atoms with Crippen LogP contribution >= 0.6 is 0 Å². The molecule has 1 N–H and O–H groups in total. The fourth-order valence-corrected chi connectivity index (χ4v) is 7.83. The maximum absolute atomic E-state index is 8.92. The molecule has 0 aliphatic carbocycles. The molecule has 0 fully saturated rings. The van der Waals surface area contributed by atoms with Crippen LogP contribution in [0.15, 0.2) is 12.2 Å². The Labute approximate surface area is 89.2 Å². The minimum Gasteiger partial charge on any atom is -0.396 e. The predicted molar refractivity (Wildman–Crippen MR) is 65.2 cm³/mol. The van der Waals surface area contributed by atoms with Crippen molar-refractivity contribution in [2.45, 2.75) is 44.9 Å². The van der Waals surface area contributed by atoms with E-state index in [2.05, 4.69) is 32.5 Å². The summed E-state index contributed by atoms with van der Waals surface area (Å²) in [5.41, 5.74) is 0. The zero-order chi connectivity index (χ0) is 10.6. The third kappa shape index (κ3) is 3.58. The molecule has 0 spiro atoms. The fraction of sp³-hybridized carbons (Fsp3) is 0.833. The maximum Gasteiger partial charge on any atom is 0.0517 e. The highest BCUT2D eigenvalue weighted by Crippen LogP contribution is 2.33. The summed E-state index contributed by atoms with van der Waals surface area (Å²) >= 11 is 0. The quantitative estimate of drug-likeness (QED) is 0.562. The largest absolute Gasteiger partial charge is 0.396 e. The third-order valence-electron chi connectivity index (χ3n) is 3.34. The molecule has 1 heterocycles. The molecule has 0 aromatic heterocycles. The molecule has 14 heavy (non-hydrogen) atoms. The van der Waals surface area contributed by atoms with E-state index in [1.54, 1.807) is 0 Å².